The molecule has 0 atom stereocenters. The molecule has 1 N–H and O–H groups in total. The standard InChI is InChI=1S/C22H21N3O5S2/c1-14-6-11-18(29-3)19-20(14)31-22(23-19)24-21(26)15-7-9-17(10-8-15)32(27,28)25(2)13-16-5-4-12-30-16/h4-12H,13H2,1-3H3,(H,23,24,26). The van der Waals surface area contributed by atoms with Crippen LogP contribution in [0.2, 0.25) is 0 Å². The summed E-state index contributed by atoms with van der Waals surface area (Å²) < 4.78 is 38.3. The van der Waals surface area contributed by atoms with Gasteiger partial charge in [0.1, 0.15) is 17.0 Å². The number of benzene rings is 2. The van der Waals surface area contributed by atoms with Crippen LogP contribution < -0.4 is 10.1 Å². The van der Waals surface area contributed by atoms with Crippen molar-refractivity contribution >= 4 is 42.6 Å². The molecule has 0 aliphatic rings. The number of ether oxygens (including phenoxy) is 1. The Bertz CT molecular complexity index is 1360. The van der Waals surface area contributed by atoms with E-state index in [-0.39, 0.29) is 17.3 Å². The van der Waals surface area contributed by atoms with Crippen LogP contribution in [0.25, 0.3) is 10.2 Å². The highest BCUT2D eigenvalue weighted by atomic mass is 32.2. The highest BCUT2D eigenvalue weighted by Crippen LogP contribution is 2.34. The maximum absolute atomic E-state index is 12.8. The topological polar surface area (TPSA) is 102 Å². The van der Waals surface area contributed by atoms with Gasteiger partial charge in [0, 0.05) is 12.6 Å². The Kier molecular flexibility index (Phi) is 6.00. The van der Waals surface area contributed by atoms with Crippen molar-refractivity contribution < 1.29 is 22.4 Å². The monoisotopic (exact) mass is 471 g/mol. The Labute approximate surface area is 189 Å². The molecule has 0 saturated carbocycles. The average molecular weight is 472 g/mol. The van der Waals surface area contributed by atoms with Gasteiger partial charge in [-0.2, -0.15) is 4.31 Å². The number of aryl methyl sites for hydroxylation is 1. The lowest BCUT2D eigenvalue weighted by Gasteiger charge is -2.16. The van der Waals surface area contributed by atoms with Gasteiger partial charge >= 0.3 is 0 Å². The summed E-state index contributed by atoms with van der Waals surface area (Å²) in [5.41, 5.74) is 2.04. The number of thiazole rings is 1. The largest absolute Gasteiger partial charge is 0.494 e. The molecule has 0 aliphatic carbocycles. The number of fused-ring (bicyclic) bond motifs is 1. The molecule has 8 nitrogen and oxygen atoms in total. The lowest BCUT2D eigenvalue weighted by molar-refractivity contribution is 0.102. The van der Waals surface area contributed by atoms with Crippen molar-refractivity contribution in [1.82, 2.24) is 9.29 Å². The number of aromatic nitrogens is 1. The molecule has 2 aromatic carbocycles. The van der Waals surface area contributed by atoms with E-state index in [2.05, 4.69) is 10.3 Å². The normalized spacial score (nSPS) is 11.8. The van der Waals surface area contributed by atoms with Gasteiger partial charge in [-0.05, 0) is 55.0 Å². The van der Waals surface area contributed by atoms with Gasteiger partial charge in [0.15, 0.2) is 5.13 Å². The summed E-state index contributed by atoms with van der Waals surface area (Å²) in [5, 5.41) is 3.21. The Morgan fingerprint density at radius 1 is 1.19 bits per heavy atom. The van der Waals surface area contributed by atoms with Crippen LogP contribution in [0.4, 0.5) is 5.13 Å². The second-order valence-corrected chi connectivity index (χ2v) is 10.1. The Morgan fingerprint density at radius 2 is 1.94 bits per heavy atom. The van der Waals surface area contributed by atoms with E-state index in [1.165, 1.54) is 53.2 Å². The number of amides is 1. The van der Waals surface area contributed by atoms with Crippen molar-refractivity contribution in [3.8, 4) is 5.75 Å². The van der Waals surface area contributed by atoms with E-state index in [1.807, 2.05) is 19.1 Å². The number of furan rings is 1. The highest BCUT2D eigenvalue weighted by molar-refractivity contribution is 7.89. The van der Waals surface area contributed by atoms with Crippen LogP contribution >= 0.6 is 11.3 Å². The predicted molar refractivity (Wildman–Crippen MR) is 123 cm³/mol. The first-order valence-corrected chi connectivity index (χ1v) is 11.9. The van der Waals surface area contributed by atoms with E-state index in [0.717, 1.165) is 10.3 Å². The molecule has 0 spiro atoms. The molecule has 0 unspecified atom stereocenters. The van der Waals surface area contributed by atoms with Crippen LogP contribution in [-0.4, -0.2) is 37.8 Å². The number of nitrogens with one attached hydrogen (secondary N) is 1. The van der Waals surface area contributed by atoms with Gasteiger partial charge in [-0.1, -0.05) is 17.4 Å². The number of carbonyl (C=O) groups excluding carboxylic acids is 1. The molecule has 0 radical (unpaired) electrons. The van der Waals surface area contributed by atoms with Gasteiger partial charge in [-0.15, -0.1) is 0 Å². The van der Waals surface area contributed by atoms with E-state index in [9.17, 15) is 13.2 Å². The van der Waals surface area contributed by atoms with Crippen LogP contribution in [0, 0.1) is 6.92 Å². The summed E-state index contributed by atoms with van der Waals surface area (Å²) >= 11 is 1.35. The molecule has 32 heavy (non-hydrogen) atoms. The van der Waals surface area contributed by atoms with E-state index in [0.29, 0.717) is 27.7 Å². The first-order valence-electron chi connectivity index (χ1n) is 9.64. The first kappa shape index (κ1) is 22.0. The van der Waals surface area contributed by atoms with Crippen molar-refractivity contribution in [2.75, 3.05) is 19.5 Å². The minimum atomic E-state index is -3.73. The second-order valence-electron chi connectivity index (χ2n) is 7.10. The summed E-state index contributed by atoms with van der Waals surface area (Å²) in [5.74, 6) is 0.791. The predicted octanol–water partition coefficient (Wildman–Crippen LogP) is 4.28. The Hall–Kier alpha value is -3.21. The summed E-state index contributed by atoms with van der Waals surface area (Å²) in [6.45, 7) is 2.08. The number of nitrogens with zero attached hydrogens (tertiary/aromatic N) is 2. The first-order chi connectivity index (χ1) is 15.3. The van der Waals surface area contributed by atoms with E-state index in [4.69, 9.17) is 9.15 Å². The molecule has 2 aromatic heterocycles. The molecule has 4 rings (SSSR count). The molecule has 166 valence electrons. The molecule has 10 heteroatoms. The quantitative estimate of drug-likeness (QED) is 0.432. The summed E-state index contributed by atoms with van der Waals surface area (Å²) in [4.78, 5) is 17.3. The van der Waals surface area contributed by atoms with Crippen LogP contribution in [0.3, 0.4) is 0 Å². The second kappa shape index (κ2) is 8.73. The third-order valence-corrected chi connectivity index (χ3v) is 7.85. The molecule has 0 fully saturated rings. The van der Waals surface area contributed by atoms with Crippen LogP contribution in [0.1, 0.15) is 21.7 Å². The molecular weight excluding hydrogens is 450 g/mol. The number of anilines is 1. The number of hydrogen-bond donors (Lipinski definition) is 1. The van der Waals surface area contributed by atoms with Crippen molar-refractivity contribution in [3.63, 3.8) is 0 Å². The van der Waals surface area contributed by atoms with Gasteiger partial charge in [-0.25, -0.2) is 13.4 Å². The molecule has 0 aliphatic heterocycles. The van der Waals surface area contributed by atoms with E-state index in [1.54, 1.807) is 19.2 Å². The number of rotatable bonds is 7. The third kappa shape index (κ3) is 4.24. The van der Waals surface area contributed by atoms with Gasteiger partial charge in [-0.3, -0.25) is 10.1 Å². The van der Waals surface area contributed by atoms with E-state index < -0.39 is 10.0 Å². The fourth-order valence-corrected chi connectivity index (χ4v) is 5.25. The summed E-state index contributed by atoms with van der Waals surface area (Å²) in [6, 6.07) is 13.0. The smallest absolute Gasteiger partial charge is 0.257 e. The van der Waals surface area contributed by atoms with Crippen molar-refractivity contribution in [2.45, 2.75) is 18.4 Å². The Morgan fingerprint density at radius 3 is 2.59 bits per heavy atom. The maximum atomic E-state index is 12.8. The van der Waals surface area contributed by atoms with Gasteiger partial charge < -0.3 is 9.15 Å². The van der Waals surface area contributed by atoms with Gasteiger partial charge in [0.25, 0.3) is 5.91 Å². The fraction of sp³-hybridized carbons (Fsp3) is 0.182. The third-order valence-electron chi connectivity index (χ3n) is 4.93. The van der Waals surface area contributed by atoms with Crippen LogP contribution in [0.15, 0.2) is 64.1 Å². The molecule has 0 bridgehead atoms. The van der Waals surface area contributed by atoms with Crippen molar-refractivity contribution in [3.05, 3.63) is 71.7 Å². The molecule has 2 heterocycles. The summed E-state index contributed by atoms with van der Waals surface area (Å²) in [7, 11) is -0.682. The summed E-state index contributed by atoms with van der Waals surface area (Å²) in [6.07, 6.45) is 1.49. The minimum absolute atomic E-state index is 0.0865. The lowest BCUT2D eigenvalue weighted by atomic mass is 10.2. The zero-order chi connectivity index (χ0) is 22.9. The number of hydrogen-bond acceptors (Lipinski definition) is 7. The van der Waals surface area contributed by atoms with Gasteiger partial charge in [0.2, 0.25) is 10.0 Å². The molecule has 0 saturated heterocycles. The number of methoxy groups -OCH3 is 1. The average Bonchev–Trinajstić information content (AvgIpc) is 3.44. The maximum Gasteiger partial charge on any atom is 0.257 e. The van der Waals surface area contributed by atoms with Crippen molar-refractivity contribution in [2.24, 2.45) is 0 Å². The zero-order valence-corrected chi connectivity index (χ0v) is 19.3. The van der Waals surface area contributed by atoms with Crippen molar-refractivity contribution in [1.29, 1.82) is 0 Å². The highest BCUT2D eigenvalue weighted by Gasteiger charge is 2.22. The van der Waals surface area contributed by atoms with Gasteiger partial charge in [0.05, 0.1) is 29.5 Å². The molecule has 4 aromatic rings. The minimum Gasteiger partial charge on any atom is -0.494 e. The fourth-order valence-electron chi connectivity index (χ4n) is 3.16. The zero-order valence-electron chi connectivity index (χ0n) is 17.7. The number of carbonyl (C=O) groups is 1. The lowest BCUT2D eigenvalue weighted by Crippen LogP contribution is -2.26. The molecule has 1 amide bonds. The van der Waals surface area contributed by atoms with Crippen LogP contribution in [0.5, 0.6) is 5.75 Å². The number of sulfonamides is 1. The van der Waals surface area contributed by atoms with Crippen LogP contribution in [-0.2, 0) is 16.6 Å². The van der Waals surface area contributed by atoms with E-state index >= 15 is 0 Å². The SMILES string of the molecule is COc1ccc(C)c2sc(NC(=O)c3ccc(S(=O)(=O)N(C)Cc4ccco4)cc3)nc12. The molecular formula is C22H21N3O5S2. The Balaban J connectivity index is 1.51.